The standard InChI is InChI=1S/C13H14ClN3/c14-13-9-16-6-4-10(13)7-11(15)8-12-3-1-2-5-17-12/h1-6,9,11H,7-8,15H2. The SMILES string of the molecule is NC(Cc1ccccn1)Cc1ccncc1Cl. The molecule has 2 N–H and O–H groups in total. The van der Waals surface area contributed by atoms with Crippen LogP contribution >= 0.6 is 11.6 Å². The van der Waals surface area contributed by atoms with E-state index < -0.39 is 0 Å². The van der Waals surface area contributed by atoms with E-state index in [0.29, 0.717) is 5.02 Å². The molecule has 2 rings (SSSR count). The van der Waals surface area contributed by atoms with Crippen LogP contribution < -0.4 is 5.73 Å². The van der Waals surface area contributed by atoms with Gasteiger partial charge >= 0.3 is 0 Å². The summed E-state index contributed by atoms with van der Waals surface area (Å²) in [7, 11) is 0. The van der Waals surface area contributed by atoms with Crippen molar-refractivity contribution in [3.05, 3.63) is 59.1 Å². The number of hydrogen-bond donors (Lipinski definition) is 1. The Morgan fingerprint density at radius 1 is 1.18 bits per heavy atom. The summed E-state index contributed by atoms with van der Waals surface area (Å²) < 4.78 is 0. The van der Waals surface area contributed by atoms with E-state index in [4.69, 9.17) is 17.3 Å². The summed E-state index contributed by atoms with van der Waals surface area (Å²) in [6.07, 6.45) is 6.64. The van der Waals surface area contributed by atoms with E-state index in [2.05, 4.69) is 9.97 Å². The van der Waals surface area contributed by atoms with E-state index in [1.807, 2.05) is 24.3 Å². The second kappa shape index (κ2) is 5.75. The third kappa shape index (κ3) is 3.51. The van der Waals surface area contributed by atoms with Crippen LogP contribution in [0, 0.1) is 0 Å². The highest BCUT2D eigenvalue weighted by molar-refractivity contribution is 6.31. The summed E-state index contributed by atoms with van der Waals surface area (Å²) >= 11 is 6.04. The smallest absolute Gasteiger partial charge is 0.0621 e. The van der Waals surface area contributed by atoms with Crippen molar-refractivity contribution in [1.29, 1.82) is 0 Å². The highest BCUT2D eigenvalue weighted by atomic mass is 35.5. The molecule has 0 saturated carbocycles. The number of hydrogen-bond acceptors (Lipinski definition) is 3. The second-order valence-corrected chi connectivity index (χ2v) is 4.36. The van der Waals surface area contributed by atoms with Gasteiger partial charge in [0.05, 0.1) is 5.02 Å². The first kappa shape index (κ1) is 12.0. The number of rotatable bonds is 4. The number of pyridine rings is 2. The van der Waals surface area contributed by atoms with E-state index in [0.717, 1.165) is 24.1 Å². The van der Waals surface area contributed by atoms with Gasteiger partial charge in [0.2, 0.25) is 0 Å². The average molecular weight is 248 g/mol. The minimum Gasteiger partial charge on any atom is -0.327 e. The van der Waals surface area contributed by atoms with Crippen LogP contribution in [-0.2, 0) is 12.8 Å². The minimum atomic E-state index is 0.0183. The molecule has 0 aliphatic carbocycles. The Labute approximate surface area is 106 Å². The first-order chi connectivity index (χ1) is 8.25. The zero-order valence-electron chi connectivity index (χ0n) is 9.38. The molecule has 0 saturated heterocycles. The molecule has 0 aromatic carbocycles. The molecule has 0 aliphatic rings. The highest BCUT2D eigenvalue weighted by Gasteiger charge is 2.08. The van der Waals surface area contributed by atoms with Gasteiger partial charge in [-0.3, -0.25) is 9.97 Å². The van der Waals surface area contributed by atoms with Crippen molar-refractivity contribution in [2.75, 3.05) is 0 Å². The topological polar surface area (TPSA) is 51.8 Å². The van der Waals surface area contributed by atoms with Gasteiger partial charge < -0.3 is 5.73 Å². The summed E-state index contributed by atoms with van der Waals surface area (Å²) in [5.41, 5.74) is 8.12. The Kier molecular flexibility index (Phi) is 4.07. The molecule has 0 bridgehead atoms. The predicted octanol–water partition coefficient (Wildman–Crippen LogP) is 2.24. The van der Waals surface area contributed by atoms with Crippen LogP contribution in [0.3, 0.4) is 0 Å². The fourth-order valence-electron chi connectivity index (χ4n) is 1.71. The van der Waals surface area contributed by atoms with Crippen molar-refractivity contribution >= 4 is 11.6 Å². The third-order valence-corrected chi connectivity index (χ3v) is 2.88. The van der Waals surface area contributed by atoms with Crippen molar-refractivity contribution in [2.45, 2.75) is 18.9 Å². The second-order valence-electron chi connectivity index (χ2n) is 3.96. The van der Waals surface area contributed by atoms with Gasteiger partial charge in [-0.15, -0.1) is 0 Å². The Morgan fingerprint density at radius 3 is 2.76 bits per heavy atom. The third-order valence-electron chi connectivity index (χ3n) is 2.54. The molecule has 2 aromatic heterocycles. The van der Waals surface area contributed by atoms with Gasteiger partial charge in [-0.1, -0.05) is 17.7 Å². The maximum absolute atomic E-state index is 6.09. The van der Waals surface area contributed by atoms with Gasteiger partial charge in [-0.2, -0.15) is 0 Å². The first-order valence-electron chi connectivity index (χ1n) is 5.49. The molecule has 2 aromatic rings. The summed E-state index contributed by atoms with van der Waals surface area (Å²) in [6.45, 7) is 0. The molecule has 1 unspecified atom stereocenters. The molecule has 1 atom stereocenters. The highest BCUT2D eigenvalue weighted by Crippen LogP contribution is 2.15. The first-order valence-corrected chi connectivity index (χ1v) is 5.87. The quantitative estimate of drug-likeness (QED) is 0.902. The normalized spacial score (nSPS) is 12.4. The minimum absolute atomic E-state index is 0.0183. The Morgan fingerprint density at radius 2 is 2.06 bits per heavy atom. The molecule has 0 fully saturated rings. The van der Waals surface area contributed by atoms with Crippen LogP contribution in [0.2, 0.25) is 5.02 Å². The van der Waals surface area contributed by atoms with Gasteiger partial charge in [0.15, 0.2) is 0 Å². The van der Waals surface area contributed by atoms with E-state index in [1.165, 1.54) is 0 Å². The fraction of sp³-hybridized carbons (Fsp3) is 0.231. The zero-order chi connectivity index (χ0) is 12.1. The van der Waals surface area contributed by atoms with Crippen LogP contribution in [-0.4, -0.2) is 16.0 Å². The summed E-state index contributed by atoms with van der Waals surface area (Å²) in [4.78, 5) is 8.21. The molecular formula is C13H14ClN3. The zero-order valence-corrected chi connectivity index (χ0v) is 10.1. The Hall–Kier alpha value is -1.45. The lowest BCUT2D eigenvalue weighted by atomic mass is 10.0. The molecule has 3 nitrogen and oxygen atoms in total. The molecule has 0 amide bonds. The van der Waals surface area contributed by atoms with Crippen molar-refractivity contribution < 1.29 is 0 Å². The maximum Gasteiger partial charge on any atom is 0.0621 e. The molecule has 0 aliphatic heterocycles. The van der Waals surface area contributed by atoms with Crippen LogP contribution in [0.15, 0.2) is 42.9 Å². The summed E-state index contributed by atoms with van der Waals surface area (Å²) in [5.74, 6) is 0. The average Bonchev–Trinajstić information content (AvgIpc) is 2.33. The van der Waals surface area contributed by atoms with Gasteiger partial charge in [0.25, 0.3) is 0 Å². The monoisotopic (exact) mass is 247 g/mol. The molecule has 0 spiro atoms. The molecule has 17 heavy (non-hydrogen) atoms. The number of aromatic nitrogens is 2. The fourth-order valence-corrected chi connectivity index (χ4v) is 1.91. The lowest BCUT2D eigenvalue weighted by Gasteiger charge is -2.11. The van der Waals surface area contributed by atoms with E-state index in [-0.39, 0.29) is 6.04 Å². The van der Waals surface area contributed by atoms with E-state index >= 15 is 0 Å². The van der Waals surface area contributed by atoms with Crippen LogP contribution in [0.4, 0.5) is 0 Å². The van der Waals surface area contributed by atoms with Gasteiger partial charge in [-0.25, -0.2) is 0 Å². The van der Waals surface area contributed by atoms with E-state index in [1.54, 1.807) is 18.6 Å². The van der Waals surface area contributed by atoms with Crippen molar-refractivity contribution in [1.82, 2.24) is 9.97 Å². The van der Waals surface area contributed by atoms with Gasteiger partial charge in [0.1, 0.15) is 0 Å². The largest absolute Gasteiger partial charge is 0.327 e. The van der Waals surface area contributed by atoms with E-state index in [9.17, 15) is 0 Å². The number of nitrogens with two attached hydrogens (primary N) is 1. The number of nitrogens with zero attached hydrogens (tertiary/aromatic N) is 2. The van der Waals surface area contributed by atoms with Crippen molar-refractivity contribution in [3.63, 3.8) is 0 Å². The van der Waals surface area contributed by atoms with Crippen molar-refractivity contribution in [3.8, 4) is 0 Å². The molecule has 2 heterocycles. The lowest BCUT2D eigenvalue weighted by molar-refractivity contribution is 0.654. The molecule has 0 radical (unpaired) electrons. The van der Waals surface area contributed by atoms with Crippen LogP contribution in [0.5, 0.6) is 0 Å². The van der Waals surface area contributed by atoms with Gasteiger partial charge in [-0.05, 0) is 30.2 Å². The molecule has 88 valence electrons. The summed E-state index contributed by atoms with van der Waals surface area (Å²) in [5, 5.41) is 0.670. The van der Waals surface area contributed by atoms with Crippen LogP contribution in [0.1, 0.15) is 11.3 Å². The Balaban J connectivity index is 1.98. The summed E-state index contributed by atoms with van der Waals surface area (Å²) in [6, 6.07) is 7.77. The van der Waals surface area contributed by atoms with Crippen LogP contribution in [0.25, 0.3) is 0 Å². The predicted molar refractivity (Wildman–Crippen MR) is 68.9 cm³/mol. The molecular weight excluding hydrogens is 234 g/mol. The Bertz CT molecular complexity index is 473. The molecule has 4 heteroatoms. The number of halogens is 1. The maximum atomic E-state index is 6.09. The van der Waals surface area contributed by atoms with Crippen molar-refractivity contribution in [2.24, 2.45) is 5.73 Å². The lowest BCUT2D eigenvalue weighted by Crippen LogP contribution is -2.26. The van der Waals surface area contributed by atoms with Gasteiger partial charge in [0, 0.05) is 36.7 Å².